The molecule has 8 heteroatoms. The number of nitrogens with one attached hydrogen (secondary N) is 3. The molecule has 3 N–H and O–H groups in total. The molecule has 0 saturated carbocycles. The van der Waals surface area contributed by atoms with E-state index in [1.54, 1.807) is 32.2 Å². The molecule has 0 fully saturated rings. The Morgan fingerprint density at radius 2 is 1.94 bits per heavy atom. The molecule has 7 nitrogen and oxygen atoms in total. The summed E-state index contributed by atoms with van der Waals surface area (Å²) in [7, 11) is 1.58. The highest BCUT2D eigenvalue weighted by atomic mass is 32.1. The largest absolute Gasteiger partial charge is 0.497 e. The maximum atomic E-state index is 12.4. The summed E-state index contributed by atoms with van der Waals surface area (Å²) in [5, 5.41) is 2.57. The minimum atomic E-state index is -0.814. The van der Waals surface area contributed by atoms with Crippen molar-refractivity contribution >= 4 is 35.1 Å². The Labute approximate surface area is 185 Å². The van der Waals surface area contributed by atoms with Crippen LogP contribution in [-0.4, -0.2) is 30.9 Å². The van der Waals surface area contributed by atoms with Gasteiger partial charge in [-0.05, 0) is 67.5 Å². The van der Waals surface area contributed by atoms with Crippen molar-refractivity contribution < 1.29 is 19.1 Å². The SMILES string of the molecule is COc1ccc(/C=C/C(=O)NC(C)C(=O)NNC(=O)c2cc3c(s2)CCC(C)C3)cc1. The van der Waals surface area contributed by atoms with Crippen LogP contribution in [0.15, 0.2) is 36.4 Å². The van der Waals surface area contributed by atoms with E-state index >= 15 is 0 Å². The molecule has 2 aromatic rings. The van der Waals surface area contributed by atoms with Gasteiger partial charge in [0.1, 0.15) is 11.8 Å². The molecular formula is C23H27N3O4S. The number of benzene rings is 1. The molecule has 0 saturated heterocycles. The van der Waals surface area contributed by atoms with Crippen LogP contribution < -0.4 is 20.9 Å². The van der Waals surface area contributed by atoms with Crippen LogP contribution in [0.5, 0.6) is 5.75 Å². The molecule has 1 aromatic heterocycles. The lowest BCUT2D eigenvalue weighted by Crippen LogP contribution is -2.50. The second-order valence-corrected chi connectivity index (χ2v) is 8.82. The molecule has 0 spiro atoms. The van der Waals surface area contributed by atoms with E-state index < -0.39 is 17.9 Å². The van der Waals surface area contributed by atoms with Crippen molar-refractivity contribution in [2.45, 2.75) is 39.2 Å². The minimum absolute atomic E-state index is 0.349. The normalized spacial score (nSPS) is 16.3. The first-order valence-corrected chi connectivity index (χ1v) is 11.0. The van der Waals surface area contributed by atoms with Crippen molar-refractivity contribution in [3.63, 3.8) is 0 Å². The molecular weight excluding hydrogens is 414 g/mol. The van der Waals surface area contributed by atoms with E-state index in [0.717, 1.165) is 30.6 Å². The number of ether oxygens (including phenoxy) is 1. The maximum Gasteiger partial charge on any atom is 0.279 e. The third-order valence-corrected chi connectivity index (χ3v) is 6.38. The summed E-state index contributed by atoms with van der Waals surface area (Å²) in [5.74, 6) is 0.0878. The fourth-order valence-electron chi connectivity index (χ4n) is 3.32. The lowest BCUT2D eigenvalue weighted by atomic mass is 9.90. The first kappa shape index (κ1) is 22.6. The number of thiophene rings is 1. The van der Waals surface area contributed by atoms with Gasteiger partial charge in [-0.25, -0.2) is 0 Å². The van der Waals surface area contributed by atoms with Gasteiger partial charge in [0.2, 0.25) is 5.91 Å². The summed E-state index contributed by atoms with van der Waals surface area (Å²) >= 11 is 1.47. The molecule has 0 bridgehead atoms. The number of carbonyl (C=O) groups is 3. The number of methoxy groups -OCH3 is 1. The standard InChI is InChI=1S/C23H27N3O4S/c1-14-4-10-19-17(12-14)13-20(31-19)23(29)26-25-22(28)15(2)24-21(27)11-7-16-5-8-18(30-3)9-6-16/h5-9,11,13-15H,4,10,12H2,1-3H3,(H,24,27)(H,25,28)(H,26,29)/b11-7+. The number of carbonyl (C=O) groups excluding carboxylic acids is 3. The van der Waals surface area contributed by atoms with Crippen LogP contribution in [0.1, 0.15) is 45.9 Å². The fraction of sp³-hybridized carbons (Fsp3) is 0.348. The van der Waals surface area contributed by atoms with Crippen LogP contribution in [0.25, 0.3) is 6.08 Å². The van der Waals surface area contributed by atoms with Crippen molar-refractivity contribution in [2.24, 2.45) is 5.92 Å². The zero-order valence-electron chi connectivity index (χ0n) is 17.9. The van der Waals surface area contributed by atoms with Gasteiger partial charge in [0.15, 0.2) is 0 Å². The predicted octanol–water partition coefficient (Wildman–Crippen LogP) is 2.86. The highest BCUT2D eigenvalue weighted by Crippen LogP contribution is 2.32. The van der Waals surface area contributed by atoms with Gasteiger partial charge in [-0.1, -0.05) is 19.1 Å². The van der Waals surface area contributed by atoms with E-state index in [1.165, 1.54) is 27.9 Å². The van der Waals surface area contributed by atoms with Gasteiger partial charge in [-0.15, -0.1) is 11.3 Å². The van der Waals surface area contributed by atoms with Crippen molar-refractivity contribution in [3.05, 3.63) is 57.3 Å². The van der Waals surface area contributed by atoms with E-state index in [-0.39, 0.29) is 5.91 Å². The van der Waals surface area contributed by atoms with Gasteiger partial charge in [-0.3, -0.25) is 25.2 Å². The van der Waals surface area contributed by atoms with E-state index in [9.17, 15) is 14.4 Å². The lowest BCUT2D eigenvalue weighted by molar-refractivity contribution is -0.127. The Morgan fingerprint density at radius 3 is 2.65 bits per heavy atom. The van der Waals surface area contributed by atoms with Crippen LogP contribution in [0.2, 0.25) is 0 Å². The monoisotopic (exact) mass is 441 g/mol. The Balaban J connectivity index is 1.46. The number of fused-ring (bicyclic) bond motifs is 1. The quantitative estimate of drug-likeness (QED) is 0.474. The summed E-state index contributed by atoms with van der Waals surface area (Å²) in [4.78, 5) is 38.5. The summed E-state index contributed by atoms with van der Waals surface area (Å²) in [6, 6.07) is 8.31. The lowest BCUT2D eigenvalue weighted by Gasteiger charge is -2.16. The van der Waals surface area contributed by atoms with Gasteiger partial charge < -0.3 is 10.1 Å². The average molecular weight is 442 g/mol. The smallest absolute Gasteiger partial charge is 0.279 e. The second kappa shape index (κ2) is 10.3. The molecule has 2 atom stereocenters. The molecule has 3 rings (SSSR count). The van der Waals surface area contributed by atoms with Crippen molar-refractivity contribution in [3.8, 4) is 5.75 Å². The first-order valence-electron chi connectivity index (χ1n) is 10.2. The molecule has 1 heterocycles. The zero-order valence-corrected chi connectivity index (χ0v) is 18.7. The number of rotatable bonds is 6. The van der Waals surface area contributed by atoms with E-state index in [4.69, 9.17) is 4.74 Å². The molecule has 1 aliphatic carbocycles. The molecule has 1 aromatic carbocycles. The second-order valence-electron chi connectivity index (χ2n) is 7.69. The fourth-order valence-corrected chi connectivity index (χ4v) is 4.42. The molecule has 164 valence electrons. The van der Waals surface area contributed by atoms with Crippen LogP contribution in [0.3, 0.4) is 0 Å². The van der Waals surface area contributed by atoms with Crippen molar-refractivity contribution in [1.82, 2.24) is 16.2 Å². The third-order valence-electron chi connectivity index (χ3n) is 5.15. The number of hydrogen-bond acceptors (Lipinski definition) is 5. The molecule has 3 amide bonds. The van der Waals surface area contributed by atoms with Crippen LogP contribution in [-0.2, 0) is 22.4 Å². The summed E-state index contributed by atoms with van der Waals surface area (Å²) in [6.45, 7) is 3.76. The van der Waals surface area contributed by atoms with Gasteiger partial charge >= 0.3 is 0 Å². The Kier molecular flexibility index (Phi) is 7.46. The third kappa shape index (κ3) is 6.18. The van der Waals surface area contributed by atoms with Crippen LogP contribution >= 0.6 is 11.3 Å². The maximum absolute atomic E-state index is 12.4. The summed E-state index contributed by atoms with van der Waals surface area (Å²) in [6.07, 6.45) is 6.10. The van der Waals surface area contributed by atoms with Gasteiger partial charge in [0.05, 0.1) is 12.0 Å². The Bertz CT molecular complexity index is 981. The predicted molar refractivity (Wildman–Crippen MR) is 121 cm³/mol. The van der Waals surface area contributed by atoms with Gasteiger partial charge in [0.25, 0.3) is 11.8 Å². The first-order chi connectivity index (χ1) is 14.9. The molecule has 2 unspecified atom stereocenters. The van der Waals surface area contributed by atoms with E-state index in [0.29, 0.717) is 10.8 Å². The highest BCUT2D eigenvalue weighted by Gasteiger charge is 2.21. The van der Waals surface area contributed by atoms with E-state index in [2.05, 4.69) is 23.1 Å². The number of aryl methyl sites for hydroxylation is 1. The average Bonchev–Trinajstić information content (AvgIpc) is 3.19. The molecule has 1 aliphatic rings. The van der Waals surface area contributed by atoms with Crippen LogP contribution in [0.4, 0.5) is 0 Å². The molecule has 0 aliphatic heterocycles. The van der Waals surface area contributed by atoms with Gasteiger partial charge in [0, 0.05) is 11.0 Å². The van der Waals surface area contributed by atoms with Crippen molar-refractivity contribution in [1.29, 1.82) is 0 Å². The number of hydrazine groups is 1. The van der Waals surface area contributed by atoms with E-state index in [1.807, 2.05) is 18.2 Å². The Hall–Kier alpha value is -3.13. The Morgan fingerprint density at radius 1 is 1.19 bits per heavy atom. The van der Waals surface area contributed by atoms with Crippen LogP contribution in [0, 0.1) is 5.92 Å². The zero-order chi connectivity index (χ0) is 22.4. The minimum Gasteiger partial charge on any atom is -0.497 e. The number of hydrogen-bond donors (Lipinski definition) is 3. The topological polar surface area (TPSA) is 96.5 Å². The molecule has 0 radical (unpaired) electrons. The van der Waals surface area contributed by atoms with Crippen molar-refractivity contribution in [2.75, 3.05) is 7.11 Å². The van der Waals surface area contributed by atoms with Gasteiger partial charge in [-0.2, -0.15) is 0 Å². The molecule has 31 heavy (non-hydrogen) atoms. The summed E-state index contributed by atoms with van der Waals surface area (Å²) < 4.78 is 5.09. The highest BCUT2D eigenvalue weighted by molar-refractivity contribution is 7.14. The summed E-state index contributed by atoms with van der Waals surface area (Å²) in [5.41, 5.74) is 6.86. The number of amides is 3.